The van der Waals surface area contributed by atoms with Gasteiger partial charge < -0.3 is 14.8 Å². The standard InChI is InChI=1S/C16H17NO3/c1-11-10-13(6-9-15(11)20-3)17-16(18)12-4-7-14(19-2)8-5-12/h4-10H,1-3H3,(H,17,18). The minimum Gasteiger partial charge on any atom is -0.497 e. The smallest absolute Gasteiger partial charge is 0.255 e. The number of carbonyl (C=O) groups is 1. The lowest BCUT2D eigenvalue weighted by Gasteiger charge is -2.09. The summed E-state index contributed by atoms with van der Waals surface area (Å²) in [4.78, 5) is 12.1. The van der Waals surface area contributed by atoms with Gasteiger partial charge in [-0.05, 0) is 55.0 Å². The second kappa shape index (κ2) is 6.10. The first-order valence-electron chi connectivity index (χ1n) is 6.24. The molecule has 0 fully saturated rings. The van der Waals surface area contributed by atoms with Crippen molar-refractivity contribution in [3.8, 4) is 11.5 Å². The molecule has 1 N–H and O–H groups in total. The first-order valence-corrected chi connectivity index (χ1v) is 6.24. The molecule has 104 valence electrons. The van der Waals surface area contributed by atoms with Crippen molar-refractivity contribution in [2.45, 2.75) is 6.92 Å². The molecule has 0 saturated heterocycles. The Kier molecular flexibility index (Phi) is 4.25. The highest BCUT2D eigenvalue weighted by Crippen LogP contribution is 2.22. The number of hydrogen-bond acceptors (Lipinski definition) is 3. The molecule has 0 bridgehead atoms. The van der Waals surface area contributed by atoms with E-state index in [1.165, 1.54) is 0 Å². The highest BCUT2D eigenvalue weighted by atomic mass is 16.5. The normalized spacial score (nSPS) is 9.95. The number of rotatable bonds is 4. The molecule has 4 heteroatoms. The second-order valence-corrected chi connectivity index (χ2v) is 4.37. The van der Waals surface area contributed by atoms with E-state index in [1.807, 2.05) is 25.1 Å². The van der Waals surface area contributed by atoms with Gasteiger partial charge in [-0.3, -0.25) is 4.79 Å². The van der Waals surface area contributed by atoms with Gasteiger partial charge in [0.05, 0.1) is 14.2 Å². The van der Waals surface area contributed by atoms with E-state index in [9.17, 15) is 4.79 Å². The Morgan fingerprint density at radius 2 is 1.70 bits per heavy atom. The monoisotopic (exact) mass is 271 g/mol. The molecular weight excluding hydrogens is 254 g/mol. The van der Waals surface area contributed by atoms with Crippen LogP contribution in [0.5, 0.6) is 11.5 Å². The number of aryl methyl sites for hydroxylation is 1. The predicted octanol–water partition coefficient (Wildman–Crippen LogP) is 3.26. The molecule has 0 aliphatic heterocycles. The summed E-state index contributed by atoms with van der Waals surface area (Å²) in [5.41, 5.74) is 2.29. The summed E-state index contributed by atoms with van der Waals surface area (Å²) in [5.74, 6) is 1.37. The van der Waals surface area contributed by atoms with Gasteiger partial charge in [0.2, 0.25) is 0 Å². The van der Waals surface area contributed by atoms with Crippen LogP contribution in [-0.2, 0) is 0 Å². The Bertz CT molecular complexity index is 606. The first-order chi connectivity index (χ1) is 9.63. The van der Waals surface area contributed by atoms with Gasteiger partial charge in [-0.1, -0.05) is 0 Å². The lowest BCUT2D eigenvalue weighted by Crippen LogP contribution is -2.11. The minimum absolute atomic E-state index is 0.155. The average Bonchev–Trinajstić information content (AvgIpc) is 2.47. The van der Waals surface area contributed by atoms with Gasteiger partial charge in [0.15, 0.2) is 0 Å². The van der Waals surface area contributed by atoms with Crippen LogP contribution in [0, 0.1) is 6.92 Å². The van der Waals surface area contributed by atoms with Crippen molar-refractivity contribution >= 4 is 11.6 Å². The molecule has 2 rings (SSSR count). The van der Waals surface area contributed by atoms with E-state index in [0.717, 1.165) is 22.7 Å². The maximum Gasteiger partial charge on any atom is 0.255 e. The van der Waals surface area contributed by atoms with Gasteiger partial charge >= 0.3 is 0 Å². The molecule has 0 radical (unpaired) electrons. The Balaban J connectivity index is 2.12. The summed E-state index contributed by atoms with van der Waals surface area (Å²) in [7, 11) is 3.22. The molecular formula is C16H17NO3. The number of benzene rings is 2. The van der Waals surface area contributed by atoms with Crippen LogP contribution in [0.25, 0.3) is 0 Å². The summed E-state index contributed by atoms with van der Waals surface area (Å²) in [5, 5.41) is 2.85. The van der Waals surface area contributed by atoms with Crippen LogP contribution in [0.15, 0.2) is 42.5 Å². The Morgan fingerprint density at radius 3 is 2.25 bits per heavy atom. The molecule has 0 unspecified atom stereocenters. The fourth-order valence-electron chi connectivity index (χ4n) is 1.90. The van der Waals surface area contributed by atoms with Crippen molar-refractivity contribution in [2.75, 3.05) is 19.5 Å². The van der Waals surface area contributed by atoms with E-state index in [0.29, 0.717) is 5.56 Å². The van der Waals surface area contributed by atoms with E-state index in [4.69, 9.17) is 9.47 Å². The first kappa shape index (κ1) is 13.9. The van der Waals surface area contributed by atoms with E-state index in [1.54, 1.807) is 38.5 Å². The number of carbonyl (C=O) groups excluding carboxylic acids is 1. The third-order valence-corrected chi connectivity index (χ3v) is 3.00. The van der Waals surface area contributed by atoms with E-state index >= 15 is 0 Å². The molecule has 0 aromatic heterocycles. The second-order valence-electron chi connectivity index (χ2n) is 4.37. The van der Waals surface area contributed by atoms with Crippen molar-refractivity contribution in [2.24, 2.45) is 0 Å². The summed E-state index contributed by atoms with van der Waals surface area (Å²) in [6, 6.07) is 12.5. The van der Waals surface area contributed by atoms with Crippen LogP contribution in [0.1, 0.15) is 15.9 Å². The fraction of sp³-hybridized carbons (Fsp3) is 0.188. The molecule has 0 heterocycles. The quantitative estimate of drug-likeness (QED) is 0.928. The van der Waals surface area contributed by atoms with Crippen LogP contribution in [0.4, 0.5) is 5.69 Å². The summed E-state index contributed by atoms with van der Waals surface area (Å²) in [6.45, 7) is 1.93. The highest BCUT2D eigenvalue weighted by Gasteiger charge is 2.07. The van der Waals surface area contributed by atoms with Crippen molar-refractivity contribution in [1.29, 1.82) is 0 Å². The third kappa shape index (κ3) is 3.09. The molecule has 2 aromatic carbocycles. The predicted molar refractivity (Wildman–Crippen MR) is 78.7 cm³/mol. The molecule has 0 aliphatic carbocycles. The maximum atomic E-state index is 12.1. The average molecular weight is 271 g/mol. The van der Waals surface area contributed by atoms with Gasteiger partial charge in [-0.15, -0.1) is 0 Å². The summed E-state index contributed by atoms with van der Waals surface area (Å²) in [6.07, 6.45) is 0. The lowest BCUT2D eigenvalue weighted by atomic mass is 10.1. The molecule has 0 atom stereocenters. The SMILES string of the molecule is COc1ccc(C(=O)Nc2ccc(OC)c(C)c2)cc1. The molecule has 2 aromatic rings. The summed E-state index contributed by atoms with van der Waals surface area (Å²) < 4.78 is 10.3. The molecule has 1 amide bonds. The van der Waals surface area contributed by atoms with Crippen LogP contribution in [-0.4, -0.2) is 20.1 Å². The highest BCUT2D eigenvalue weighted by molar-refractivity contribution is 6.04. The zero-order valence-electron chi connectivity index (χ0n) is 11.8. The molecule has 0 saturated carbocycles. The fourth-order valence-corrected chi connectivity index (χ4v) is 1.90. The van der Waals surface area contributed by atoms with Crippen molar-refractivity contribution in [1.82, 2.24) is 0 Å². The maximum absolute atomic E-state index is 12.1. The van der Waals surface area contributed by atoms with Gasteiger partial charge in [-0.2, -0.15) is 0 Å². The minimum atomic E-state index is -0.155. The number of amides is 1. The van der Waals surface area contributed by atoms with Gasteiger partial charge in [0.1, 0.15) is 11.5 Å². The number of nitrogens with one attached hydrogen (secondary N) is 1. The Hall–Kier alpha value is -2.49. The van der Waals surface area contributed by atoms with Crippen LogP contribution < -0.4 is 14.8 Å². The van der Waals surface area contributed by atoms with Crippen molar-refractivity contribution < 1.29 is 14.3 Å². The zero-order chi connectivity index (χ0) is 14.5. The number of methoxy groups -OCH3 is 2. The number of anilines is 1. The lowest BCUT2D eigenvalue weighted by molar-refractivity contribution is 0.102. The van der Waals surface area contributed by atoms with Gasteiger partial charge in [-0.25, -0.2) is 0 Å². The summed E-state index contributed by atoms with van der Waals surface area (Å²) >= 11 is 0. The molecule has 0 spiro atoms. The number of ether oxygens (including phenoxy) is 2. The van der Waals surface area contributed by atoms with E-state index < -0.39 is 0 Å². The Labute approximate surface area is 118 Å². The zero-order valence-corrected chi connectivity index (χ0v) is 11.8. The Morgan fingerprint density at radius 1 is 1.00 bits per heavy atom. The molecule has 20 heavy (non-hydrogen) atoms. The van der Waals surface area contributed by atoms with Crippen molar-refractivity contribution in [3.05, 3.63) is 53.6 Å². The molecule has 4 nitrogen and oxygen atoms in total. The van der Waals surface area contributed by atoms with Crippen LogP contribution in [0.3, 0.4) is 0 Å². The van der Waals surface area contributed by atoms with Gasteiger partial charge in [0, 0.05) is 11.3 Å². The van der Waals surface area contributed by atoms with Gasteiger partial charge in [0.25, 0.3) is 5.91 Å². The molecule has 0 aliphatic rings. The largest absolute Gasteiger partial charge is 0.497 e. The third-order valence-electron chi connectivity index (χ3n) is 3.00. The topological polar surface area (TPSA) is 47.6 Å². The van der Waals surface area contributed by atoms with Crippen LogP contribution in [0.2, 0.25) is 0 Å². The number of hydrogen-bond donors (Lipinski definition) is 1. The van der Waals surface area contributed by atoms with Crippen LogP contribution >= 0.6 is 0 Å². The van der Waals surface area contributed by atoms with E-state index in [2.05, 4.69) is 5.32 Å². The van der Waals surface area contributed by atoms with E-state index in [-0.39, 0.29) is 5.91 Å². The van der Waals surface area contributed by atoms with Crippen molar-refractivity contribution in [3.63, 3.8) is 0 Å².